The van der Waals surface area contributed by atoms with Crippen LogP contribution < -0.4 is 5.73 Å². The highest BCUT2D eigenvalue weighted by Crippen LogP contribution is 2.20. The van der Waals surface area contributed by atoms with Gasteiger partial charge in [-0.1, -0.05) is 0 Å². The number of rotatable bonds is 0. The van der Waals surface area contributed by atoms with Gasteiger partial charge in [-0.15, -0.1) is 0 Å². The molecule has 2 saturated heterocycles. The Bertz CT molecular complexity index is 191. The summed E-state index contributed by atoms with van der Waals surface area (Å²) in [6, 6.07) is 0.669. The van der Waals surface area contributed by atoms with E-state index in [0.29, 0.717) is 6.04 Å². The lowest BCUT2D eigenvalue weighted by Crippen LogP contribution is -2.53. The molecule has 68 valence electrons. The van der Waals surface area contributed by atoms with Crippen molar-refractivity contribution in [1.29, 1.82) is 5.41 Å². The van der Waals surface area contributed by atoms with Crippen LogP contribution in [0.4, 0.5) is 0 Å². The van der Waals surface area contributed by atoms with Gasteiger partial charge >= 0.3 is 0 Å². The minimum atomic E-state index is 0.238. The van der Waals surface area contributed by atoms with Crippen LogP contribution >= 0.6 is 0 Å². The largest absolute Gasteiger partial charge is 0.370 e. The predicted molar refractivity (Wildman–Crippen MR) is 48.1 cm³/mol. The Hall–Kier alpha value is -0.770. The molecule has 2 aliphatic heterocycles. The molecule has 1 atom stereocenters. The van der Waals surface area contributed by atoms with Crippen molar-refractivity contribution in [2.45, 2.75) is 18.9 Å². The van der Waals surface area contributed by atoms with E-state index >= 15 is 0 Å². The number of guanidine groups is 1. The molecule has 2 aliphatic rings. The summed E-state index contributed by atoms with van der Waals surface area (Å²) >= 11 is 0. The Labute approximate surface area is 72.8 Å². The maximum absolute atomic E-state index is 7.33. The molecule has 0 radical (unpaired) electrons. The van der Waals surface area contributed by atoms with Crippen molar-refractivity contribution in [3.8, 4) is 0 Å². The zero-order chi connectivity index (χ0) is 8.55. The number of hydrogen-bond donors (Lipinski definition) is 2. The van der Waals surface area contributed by atoms with Gasteiger partial charge < -0.3 is 10.6 Å². The minimum Gasteiger partial charge on any atom is -0.370 e. The maximum atomic E-state index is 7.33. The van der Waals surface area contributed by atoms with Crippen LogP contribution in [-0.2, 0) is 0 Å². The third-order valence-corrected chi connectivity index (χ3v) is 2.93. The van der Waals surface area contributed by atoms with Crippen molar-refractivity contribution >= 4 is 5.96 Å². The van der Waals surface area contributed by atoms with Gasteiger partial charge in [0.05, 0.1) is 0 Å². The second-order valence-corrected chi connectivity index (χ2v) is 3.66. The van der Waals surface area contributed by atoms with E-state index in [9.17, 15) is 0 Å². The van der Waals surface area contributed by atoms with Crippen LogP contribution in [0.1, 0.15) is 12.8 Å². The fourth-order valence-electron chi connectivity index (χ4n) is 2.21. The van der Waals surface area contributed by atoms with Gasteiger partial charge in [-0.05, 0) is 19.4 Å². The summed E-state index contributed by atoms with van der Waals surface area (Å²) < 4.78 is 0. The van der Waals surface area contributed by atoms with Crippen LogP contribution in [0.5, 0.6) is 0 Å². The molecule has 0 aromatic rings. The van der Waals surface area contributed by atoms with Gasteiger partial charge in [0.2, 0.25) is 0 Å². The van der Waals surface area contributed by atoms with Gasteiger partial charge in [0.15, 0.2) is 5.96 Å². The van der Waals surface area contributed by atoms with Crippen LogP contribution in [0, 0.1) is 5.41 Å². The van der Waals surface area contributed by atoms with E-state index in [1.807, 2.05) is 4.90 Å². The van der Waals surface area contributed by atoms with E-state index in [1.54, 1.807) is 0 Å². The fraction of sp³-hybridized carbons (Fsp3) is 0.875. The van der Waals surface area contributed by atoms with Gasteiger partial charge in [0.1, 0.15) is 0 Å². The summed E-state index contributed by atoms with van der Waals surface area (Å²) in [6.45, 7) is 4.24. The molecule has 0 saturated carbocycles. The highest BCUT2D eigenvalue weighted by atomic mass is 15.3. The smallest absolute Gasteiger partial charge is 0.188 e. The summed E-state index contributed by atoms with van der Waals surface area (Å²) in [5.74, 6) is 0.238. The summed E-state index contributed by atoms with van der Waals surface area (Å²) in [6.07, 6.45) is 2.60. The van der Waals surface area contributed by atoms with E-state index in [4.69, 9.17) is 11.1 Å². The first-order valence-corrected chi connectivity index (χ1v) is 4.60. The fourth-order valence-corrected chi connectivity index (χ4v) is 2.21. The quantitative estimate of drug-likeness (QED) is 0.384. The Kier molecular flexibility index (Phi) is 1.92. The highest BCUT2D eigenvalue weighted by Gasteiger charge is 2.30. The van der Waals surface area contributed by atoms with Crippen molar-refractivity contribution in [2.75, 3.05) is 26.2 Å². The van der Waals surface area contributed by atoms with Crippen LogP contribution in [0.2, 0.25) is 0 Å². The van der Waals surface area contributed by atoms with Crippen molar-refractivity contribution in [3.05, 3.63) is 0 Å². The van der Waals surface area contributed by atoms with E-state index in [1.165, 1.54) is 19.4 Å². The molecular formula is C8H16N4. The van der Waals surface area contributed by atoms with Crippen LogP contribution in [0.3, 0.4) is 0 Å². The lowest BCUT2D eigenvalue weighted by atomic mass is 10.2. The Morgan fingerprint density at radius 1 is 1.33 bits per heavy atom. The molecule has 0 bridgehead atoms. The first-order valence-electron chi connectivity index (χ1n) is 4.60. The van der Waals surface area contributed by atoms with E-state index in [0.717, 1.165) is 19.6 Å². The van der Waals surface area contributed by atoms with Crippen LogP contribution in [0.25, 0.3) is 0 Å². The number of nitrogens with zero attached hydrogens (tertiary/aromatic N) is 2. The first-order chi connectivity index (χ1) is 5.77. The summed E-state index contributed by atoms with van der Waals surface area (Å²) in [5, 5.41) is 7.33. The molecular weight excluding hydrogens is 152 g/mol. The predicted octanol–water partition coefficient (Wildman–Crippen LogP) is -0.340. The van der Waals surface area contributed by atoms with Gasteiger partial charge in [0.25, 0.3) is 0 Å². The van der Waals surface area contributed by atoms with Crippen molar-refractivity contribution in [2.24, 2.45) is 5.73 Å². The number of fused-ring (bicyclic) bond motifs is 1. The highest BCUT2D eigenvalue weighted by molar-refractivity contribution is 5.74. The third kappa shape index (κ3) is 1.27. The first kappa shape index (κ1) is 7.86. The molecule has 2 rings (SSSR count). The average Bonchev–Trinajstić information content (AvgIpc) is 2.49. The Morgan fingerprint density at radius 3 is 2.92 bits per heavy atom. The second kappa shape index (κ2) is 2.94. The molecule has 0 aromatic carbocycles. The topological polar surface area (TPSA) is 56.4 Å². The molecule has 2 fully saturated rings. The molecule has 1 unspecified atom stereocenters. The summed E-state index contributed by atoms with van der Waals surface area (Å²) in [5.41, 5.74) is 5.44. The van der Waals surface area contributed by atoms with Crippen molar-refractivity contribution in [3.63, 3.8) is 0 Å². The molecule has 12 heavy (non-hydrogen) atoms. The van der Waals surface area contributed by atoms with E-state index < -0.39 is 0 Å². The molecule has 0 aromatic heterocycles. The number of nitrogens with one attached hydrogen (secondary N) is 1. The number of hydrogen-bond acceptors (Lipinski definition) is 2. The monoisotopic (exact) mass is 168 g/mol. The van der Waals surface area contributed by atoms with Crippen molar-refractivity contribution in [1.82, 2.24) is 9.80 Å². The van der Waals surface area contributed by atoms with Gasteiger partial charge in [0, 0.05) is 25.7 Å². The third-order valence-electron chi connectivity index (χ3n) is 2.93. The maximum Gasteiger partial charge on any atom is 0.188 e. The number of nitrogens with two attached hydrogens (primary N) is 1. The standard InChI is InChI=1S/C8H16N4/c9-8(10)12-5-4-11-3-1-2-7(11)6-12/h7H,1-6H2,(H3,9,10). The van der Waals surface area contributed by atoms with E-state index in [-0.39, 0.29) is 5.96 Å². The summed E-state index contributed by atoms with van der Waals surface area (Å²) in [7, 11) is 0. The molecule has 4 nitrogen and oxygen atoms in total. The Morgan fingerprint density at radius 2 is 2.17 bits per heavy atom. The summed E-state index contributed by atoms with van der Waals surface area (Å²) in [4.78, 5) is 4.49. The van der Waals surface area contributed by atoms with Crippen molar-refractivity contribution < 1.29 is 0 Å². The normalized spacial score (nSPS) is 30.3. The number of piperazine rings is 1. The zero-order valence-electron chi connectivity index (χ0n) is 7.29. The molecule has 2 heterocycles. The molecule has 0 amide bonds. The lowest BCUT2D eigenvalue weighted by molar-refractivity contribution is 0.150. The average molecular weight is 168 g/mol. The zero-order valence-corrected chi connectivity index (χ0v) is 7.29. The van der Waals surface area contributed by atoms with E-state index in [2.05, 4.69) is 4.90 Å². The Balaban J connectivity index is 1.96. The molecule has 3 N–H and O–H groups in total. The van der Waals surface area contributed by atoms with Gasteiger partial charge in [-0.2, -0.15) is 0 Å². The van der Waals surface area contributed by atoms with Crippen LogP contribution in [0.15, 0.2) is 0 Å². The minimum absolute atomic E-state index is 0.238. The van der Waals surface area contributed by atoms with Crippen LogP contribution in [-0.4, -0.2) is 48.0 Å². The van der Waals surface area contributed by atoms with Gasteiger partial charge in [-0.25, -0.2) is 0 Å². The molecule has 0 spiro atoms. The molecule has 4 heteroatoms. The SMILES string of the molecule is N=C(N)N1CCN2CCCC2C1. The molecule has 0 aliphatic carbocycles. The van der Waals surface area contributed by atoms with Gasteiger partial charge in [-0.3, -0.25) is 10.3 Å². The second-order valence-electron chi connectivity index (χ2n) is 3.66. The lowest BCUT2D eigenvalue weighted by Gasteiger charge is -2.37.